The van der Waals surface area contributed by atoms with Gasteiger partial charge in [0, 0.05) is 28.1 Å². The van der Waals surface area contributed by atoms with E-state index in [9.17, 15) is 4.79 Å². The van der Waals surface area contributed by atoms with E-state index in [1.165, 1.54) is 6.07 Å². The average molecular weight is 317 g/mol. The van der Waals surface area contributed by atoms with Crippen molar-refractivity contribution in [2.45, 2.75) is 6.61 Å². The average Bonchev–Trinajstić information content (AvgIpc) is 2.52. The molecular weight excluding hydrogens is 304 g/mol. The first kappa shape index (κ1) is 14.5. The Balaban J connectivity index is 1.94. The molecule has 0 aliphatic heterocycles. The van der Waals surface area contributed by atoms with Crippen LogP contribution in [-0.2, 0) is 6.61 Å². The molecule has 0 fully saturated rings. The lowest BCUT2D eigenvalue weighted by Crippen LogP contribution is -2.04. The van der Waals surface area contributed by atoms with Crippen LogP contribution in [0.2, 0.25) is 5.02 Å². The fourth-order valence-corrected chi connectivity index (χ4v) is 2.35. The SMILES string of the molecule is COc1ccc2c(COc3cccc(Cl)c3)cc(=O)oc2c1. The van der Waals surface area contributed by atoms with Gasteiger partial charge in [0.05, 0.1) is 7.11 Å². The molecule has 0 radical (unpaired) electrons. The summed E-state index contributed by atoms with van der Waals surface area (Å²) in [6.45, 7) is 0.245. The summed E-state index contributed by atoms with van der Waals surface area (Å²) < 4.78 is 16.0. The minimum absolute atomic E-state index is 0.245. The van der Waals surface area contributed by atoms with Crippen molar-refractivity contribution < 1.29 is 13.9 Å². The van der Waals surface area contributed by atoms with Crippen molar-refractivity contribution in [2.24, 2.45) is 0 Å². The molecule has 0 aliphatic rings. The van der Waals surface area contributed by atoms with Gasteiger partial charge in [-0.3, -0.25) is 0 Å². The Labute approximate surface area is 131 Å². The molecule has 0 saturated heterocycles. The zero-order valence-corrected chi connectivity index (χ0v) is 12.6. The van der Waals surface area contributed by atoms with Crippen molar-refractivity contribution in [1.82, 2.24) is 0 Å². The minimum atomic E-state index is -0.426. The van der Waals surface area contributed by atoms with Crippen LogP contribution < -0.4 is 15.1 Å². The van der Waals surface area contributed by atoms with Crippen molar-refractivity contribution in [3.63, 3.8) is 0 Å². The molecule has 1 heterocycles. The lowest BCUT2D eigenvalue weighted by atomic mass is 10.1. The molecule has 3 rings (SSSR count). The van der Waals surface area contributed by atoms with Gasteiger partial charge in [-0.25, -0.2) is 4.79 Å². The molecule has 2 aromatic carbocycles. The molecule has 4 nitrogen and oxygen atoms in total. The normalized spacial score (nSPS) is 10.6. The van der Waals surface area contributed by atoms with Gasteiger partial charge in [0.2, 0.25) is 0 Å². The van der Waals surface area contributed by atoms with E-state index in [0.717, 1.165) is 10.9 Å². The second kappa shape index (κ2) is 6.12. The van der Waals surface area contributed by atoms with Gasteiger partial charge in [-0.1, -0.05) is 17.7 Å². The molecule has 0 spiro atoms. The first-order chi connectivity index (χ1) is 10.7. The summed E-state index contributed by atoms with van der Waals surface area (Å²) in [6, 6.07) is 13.9. The van der Waals surface area contributed by atoms with Crippen molar-refractivity contribution in [3.8, 4) is 11.5 Å². The highest BCUT2D eigenvalue weighted by Gasteiger charge is 2.08. The van der Waals surface area contributed by atoms with Crippen LogP contribution in [0.1, 0.15) is 5.56 Å². The Kier molecular flexibility index (Phi) is 4.02. The summed E-state index contributed by atoms with van der Waals surface area (Å²) in [4.78, 5) is 11.7. The van der Waals surface area contributed by atoms with Crippen LogP contribution in [-0.4, -0.2) is 7.11 Å². The second-order valence-electron chi connectivity index (χ2n) is 4.70. The van der Waals surface area contributed by atoms with Crippen molar-refractivity contribution >= 4 is 22.6 Å². The van der Waals surface area contributed by atoms with Gasteiger partial charge in [-0.2, -0.15) is 0 Å². The summed E-state index contributed by atoms with van der Waals surface area (Å²) in [5.74, 6) is 1.27. The molecule has 22 heavy (non-hydrogen) atoms. The Morgan fingerprint density at radius 2 is 1.95 bits per heavy atom. The van der Waals surface area contributed by atoms with Gasteiger partial charge >= 0.3 is 5.63 Å². The molecule has 0 unspecified atom stereocenters. The standard InChI is InChI=1S/C17H13ClO4/c1-20-13-5-6-15-11(7-17(19)22-16(15)9-13)10-21-14-4-2-3-12(18)8-14/h2-9H,10H2,1H3. The number of fused-ring (bicyclic) bond motifs is 1. The third kappa shape index (κ3) is 3.07. The molecule has 0 N–H and O–H groups in total. The summed E-state index contributed by atoms with van der Waals surface area (Å²) in [5, 5.41) is 1.40. The molecule has 0 atom stereocenters. The van der Waals surface area contributed by atoms with Crippen LogP contribution in [0.15, 0.2) is 57.7 Å². The summed E-state index contributed by atoms with van der Waals surface area (Å²) in [7, 11) is 1.56. The number of halogens is 1. The summed E-state index contributed by atoms with van der Waals surface area (Å²) in [5.41, 5.74) is 0.788. The fraction of sp³-hybridized carbons (Fsp3) is 0.118. The van der Waals surface area contributed by atoms with E-state index < -0.39 is 5.63 Å². The third-order valence-electron chi connectivity index (χ3n) is 3.23. The molecule has 0 aliphatic carbocycles. The summed E-state index contributed by atoms with van der Waals surface area (Å²) in [6.07, 6.45) is 0. The monoisotopic (exact) mass is 316 g/mol. The van der Waals surface area contributed by atoms with Gasteiger partial charge in [-0.05, 0) is 30.3 Å². The first-order valence-electron chi connectivity index (χ1n) is 6.65. The van der Waals surface area contributed by atoms with E-state index in [1.807, 2.05) is 18.2 Å². The maximum Gasteiger partial charge on any atom is 0.336 e. The summed E-state index contributed by atoms with van der Waals surface area (Å²) >= 11 is 5.92. The highest BCUT2D eigenvalue weighted by Crippen LogP contribution is 2.24. The Morgan fingerprint density at radius 3 is 2.73 bits per heavy atom. The molecular formula is C17H13ClO4. The predicted octanol–water partition coefficient (Wildman–Crippen LogP) is 4.03. The number of benzene rings is 2. The van der Waals surface area contributed by atoms with E-state index in [2.05, 4.69) is 0 Å². The molecule has 0 amide bonds. The number of methoxy groups -OCH3 is 1. The largest absolute Gasteiger partial charge is 0.497 e. The van der Waals surface area contributed by atoms with Gasteiger partial charge in [0.15, 0.2) is 0 Å². The van der Waals surface area contributed by atoms with Crippen LogP contribution in [0.5, 0.6) is 11.5 Å². The van der Waals surface area contributed by atoms with E-state index >= 15 is 0 Å². The van der Waals surface area contributed by atoms with E-state index in [1.54, 1.807) is 31.4 Å². The van der Waals surface area contributed by atoms with Crippen LogP contribution >= 0.6 is 11.6 Å². The molecule has 0 bridgehead atoms. The van der Waals surface area contributed by atoms with E-state index in [0.29, 0.717) is 22.1 Å². The topological polar surface area (TPSA) is 48.7 Å². The smallest absolute Gasteiger partial charge is 0.336 e. The van der Waals surface area contributed by atoms with Gasteiger partial charge in [0.1, 0.15) is 23.7 Å². The molecule has 112 valence electrons. The molecule has 0 saturated carbocycles. The number of ether oxygens (including phenoxy) is 2. The molecule has 1 aromatic heterocycles. The Hall–Kier alpha value is -2.46. The van der Waals surface area contributed by atoms with Gasteiger partial charge < -0.3 is 13.9 Å². The molecule has 5 heteroatoms. The lowest BCUT2D eigenvalue weighted by Gasteiger charge is -2.09. The van der Waals surface area contributed by atoms with Crippen LogP contribution in [0, 0.1) is 0 Å². The van der Waals surface area contributed by atoms with Crippen LogP contribution in [0.4, 0.5) is 0 Å². The zero-order valence-electron chi connectivity index (χ0n) is 11.8. The van der Waals surface area contributed by atoms with Crippen molar-refractivity contribution in [2.75, 3.05) is 7.11 Å². The first-order valence-corrected chi connectivity index (χ1v) is 7.02. The number of hydrogen-bond acceptors (Lipinski definition) is 4. The Morgan fingerprint density at radius 1 is 1.09 bits per heavy atom. The highest BCUT2D eigenvalue weighted by atomic mass is 35.5. The quantitative estimate of drug-likeness (QED) is 0.682. The predicted molar refractivity (Wildman–Crippen MR) is 84.8 cm³/mol. The van der Waals surface area contributed by atoms with Gasteiger partial charge in [0.25, 0.3) is 0 Å². The highest BCUT2D eigenvalue weighted by molar-refractivity contribution is 6.30. The fourth-order valence-electron chi connectivity index (χ4n) is 2.17. The second-order valence-corrected chi connectivity index (χ2v) is 5.14. The van der Waals surface area contributed by atoms with Crippen LogP contribution in [0.25, 0.3) is 11.0 Å². The number of hydrogen-bond donors (Lipinski definition) is 0. The number of rotatable bonds is 4. The molecule has 3 aromatic rings. The van der Waals surface area contributed by atoms with Gasteiger partial charge in [-0.15, -0.1) is 0 Å². The van der Waals surface area contributed by atoms with Crippen LogP contribution in [0.3, 0.4) is 0 Å². The lowest BCUT2D eigenvalue weighted by molar-refractivity contribution is 0.306. The maximum atomic E-state index is 11.7. The minimum Gasteiger partial charge on any atom is -0.497 e. The van der Waals surface area contributed by atoms with Crippen molar-refractivity contribution in [3.05, 3.63) is 69.5 Å². The Bertz CT molecular complexity index is 870. The zero-order chi connectivity index (χ0) is 15.5. The third-order valence-corrected chi connectivity index (χ3v) is 3.46. The van der Waals surface area contributed by atoms with E-state index in [-0.39, 0.29) is 6.61 Å². The maximum absolute atomic E-state index is 11.7. The van der Waals surface area contributed by atoms with Crippen molar-refractivity contribution in [1.29, 1.82) is 0 Å². The van der Waals surface area contributed by atoms with E-state index in [4.69, 9.17) is 25.5 Å².